The van der Waals surface area contributed by atoms with Crippen LogP contribution in [-0.2, 0) is 0 Å². The first-order valence-electron chi connectivity index (χ1n) is 10.5. The van der Waals surface area contributed by atoms with E-state index < -0.39 is 4.92 Å². The van der Waals surface area contributed by atoms with Gasteiger partial charge in [0, 0.05) is 35.1 Å². The molecule has 2 heterocycles. The number of hydrogen-bond acceptors (Lipinski definition) is 7. The molecule has 0 bridgehead atoms. The lowest BCUT2D eigenvalue weighted by Crippen LogP contribution is -2.16. The third-order valence-corrected chi connectivity index (χ3v) is 6.21. The van der Waals surface area contributed by atoms with E-state index in [0.29, 0.717) is 46.7 Å². The average Bonchev–Trinajstić information content (AvgIpc) is 3.32. The molecule has 34 heavy (non-hydrogen) atoms. The van der Waals surface area contributed by atoms with Gasteiger partial charge in [-0.3, -0.25) is 19.5 Å². The number of ether oxygens (including phenoxy) is 2. The van der Waals surface area contributed by atoms with Crippen molar-refractivity contribution in [1.82, 2.24) is 9.55 Å². The number of Topliss-reactive ketones (excluding diaryl/α,β-unsaturated/α-hetero) is 1. The first kappa shape index (κ1) is 21.7. The summed E-state index contributed by atoms with van der Waals surface area (Å²) in [5.41, 5.74) is 2.62. The molecule has 3 aromatic carbocycles. The number of rotatable bonds is 7. The molecular formula is C25H19N3O5S. The van der Waals surface area contributed by atoms with Gasteiger partial charge >= 0.3 is 0 Å². The minimum Gasteiger partial charge on any atom is -0.486 e. The topological polar surface area (TPSA) is 96.5 Å². The lowest BCUT2D eigenvalue weighted by Gasteiger charge is -2.18. The van der Waals surface area contributed by atoms with Gasteiger partial charge in [-0.15, -0.1) is 0 Å². The second-order valence-corrected chi connectivity index (χ2v) is 8.43. The molecule has 5 rings (SSSR count). The molecule has 9 heteroatoms. The lowest BCUT2D eigenvalue weighted by molar-refractivity contribution is -0.384. The predicted molar refractivity (Wildman–Crippen MR) is 128 cm³/mol. The van der Waals surface area contributed by atoms with Crippen LogP contribution in [0.25, 0.3) is 16.9 Å². The van der Waals surface area contributed by atoms with Crippen molar-refractivity contribution in [3.8, 4) is 28.4 Å². The number of aromatic nitrogens is 2. The number of benzene rings is 3. The number of nitro benzene ring substituents is 1. The van der Waals surface area contributed by atoms with E-state index in [1.54, 1.807) is 30.3 Å². The van der Waals surface area contributed by atoms with Crippen molar-refractivity contribution in [2.24, 2.45) is 0 Å². The Hall–Kier alpha value is -4.11. The number of thioether (sulfide) groups is 1. The zero-order valence-corrected chi connectivity index (χ0v) is 18.7. The highest BCUT2D eigenvalue weighted by atomic mass is 32.2. The number of carbonyl (C=O) groups is 1. The minimum atomic E-state index is -0.431. The number of fused-ring (bicyclic) bond motifs is 1. The van der Waals surface area contributed by atoms with E-state index in [2.05, 4.69) is 0 Å². The van der Waals surface area contributed by atoms with Gasteiger partial charge in [0.2, 0.25) is 0 Å². The van der Waals surface area contributed by atoms with Crippen LogP contribution in [0.5, 0.6) is 11.5 Å². The molecule has 0 aliphatic carbocycles. The van der Waals surface area contributed by atoms with Crippen LogP contribution >= 0.6 is 11.8 Å². The number of nitrogens with zero attached hydrogens (tertiary/aromatic N) is 3. The van der Waals surface area contributed by atoms with E-state index in [9.17, 15) is 14.9 Å². The quantitative estimate of drug-likeness (QED) is 0.158. The van der Waals surface area contributed by atoms with E-state index in [4.69, 9.17) is 14.5 Å². The average molecular weight is 474 g/mol. The minimum absolute atomic E-state index is 0.00486. The zero-order valence-electron chi connectivity index (χ0n) is 17.9. The maximum Gasteiger partial charge on any atom is 0.270 e. The van der Waals surface area contributed by atoms with Gasteiger partial charge < -0.3 is 9.47 Å². The van der Waals surface area contributed by atoms with Gasteiger partial charge in [0.15, 0.2) is 22.4 Å². The highest BCUT2D eigenvalue weighted by Crippen LogP contribution is 2.32. The first-order valence-corrected chi connectivity index (χ1v) is 11.5. The summed E-state index contributed by atoms with van der Waals surface area (Å²) >= 11 is 1.30. The largest absolute Gasteiger partial charge is 0.486 e. The zero-order chi connectivity index (χ0) is 23.5. The summed E-state index contributed by atoms with van der Waals surface area (Å²) in [6.07, 6.45) is 1.82. The van der Waals surface area contributed by atoms with Crippen molar-refractivity contribution in [3.63, 3.8) is 0 Å². The molecule has 8 nitrogen and oxygen atoms in total. The molecule has 0 spiro atoms. The van der Waals surface area contributed by atoms with Crippen molar-refractivity contribution < 1.29 is 19.2 Å². The highest BCUT2D eigenvalue weighted by Gasteiger charge is 2.18. The van der Waals surface area contributed by atoms with Crippen molar-refractivity contribution in [2.75, 3.05) is 19.0 Å². The Labute approximate surface area is 199 Å². The van der Waals surface area contributed by atoms with Crippen LogP contribution in [-0.4, -0.2) is 39.2 Å². The smallest absolute Gasteiger partial charge is 0.270 e. The maximum atomic E-state index is 12.9. The maximum absolute atomic E-state index is 12.9. The molecule has 0 unspecified atom stereocenters. The van der Waals surface area contributed by atoms with E-state index in [-0.39, 0.29) is 17.2 Å². The van der Waals surface area contributed by atoms with E-state index in [1.807, 2.05) is 41.1 Å². The van der Waals surface area contributed by atoms with Crippen molar-refractivity contribution in [1.29, 1.82) is 0 Å². The number of ketones is 1. The SMILES string of the molecule is O=C(CSc1nc(-c2cccc([N+](=O)[O-])c2)cn1-c1ccccc1)c1ccc2c(c1)OCCO2. The fourth-order valence-electron chi connectivity index (χ4n) is 3.59. The summed E-state index contributed by atoms with van der Waals surface area (Å²) in [5.74, 6) is 1.30. The van der Waals surface area contributed by atoms with Crippen LogP contribution in [0.3, 0.4) is 0 Å². The standard InChI is InChI=1S/C25H19N3O5S/c29-22(18-9-10-23-24(14-18)33-12-11-32-23)16-34-25-26-21(15-27(25)19-6-2-1-3-7-19)17-5-4-8-20(13-17)28(30)31/h1-10,13-15H,11-12,16H2. The number of imidazole rings is 1. The van der Waals surface area contributed by atoms with Crippen LogP contribution in [0.4, 0.5) is 5.69 Å². The van der Waals surface area contributed by atoms with Gasteiger partial charge in [-0.05, 0) is 30.3 Å². The molecule has 1 aliphatic heterocycles. The van der Waals surface area contributed by atoms with Crippen molar-refractivity contribution >= 4 is 23.2 Å². The molecule has 0 fully saturated rings. The van der Waals surface area contributed by atoms with Gasteiger partial charge in [0.1, 0.15) is 13.2 Å². The second-order valence-electron chi connectivity index (χ2n) is 7.49. The normalized spacial score (nSPS) is 12.4. The molecule has 0 atom stereocenters. The van der Waals surface area contributed by atoms with Crippen LogP contribution < -0.4 is 9.47 Å². The Bertz CT molecular complexity index is 1370. The Balaban J connectivity index is 1.43. The van der Waals surface area contributed by atoms with Crippen LogP contribution in [0, 0.1) is 10.1 Å². The monoisotopic (exact) mass is 473 g/mol. The van der Waals surface area contributed by atoms with Crippen molar-refractivity contribution in [3.05, 3.63) is 94.7 Å². The molecule has 0 saturated carbocycles. The second kappa shape index (κ2) is 9.40. The molecule has 0 saturated heterocycles. The highest BCUT2D eigenvalue weighted by molar-refractivity contribution is 7.99. The van der Waals surface area contributed by atoms with Crippen LogP contribution in [0.15, 0.2) is 84.1 Å². The van der Waals surface area contributed by atoms with Gasteiger partial charge in [-0.25, -0.2) is 4.98 Å². The Kier molecular flexibility index (Phi) is 6.01. The van der Waals surface area contributed by atoms with Crippen LogP contribution in [0.2, 0.25) is 0 Å². The molecule has 0 amide bonds. The summed E-state index contributed by atoms with van der Waals surface area (Å²) < 4.78 is 13.0. The van der Waals surface area contributed by atoms with Crippen molar-refractivity contribution in [2.45, 2.75) is 5.16 Å². The predicted octanol–water partition coefficient (Wildman–Crippen LogP) is 5.19. The van der Waals surface area contributed by atoms with E-state index in [1.165, 1.54) is 23.9 Å². The fraction of sp³-hybridized carbons (Fsp3) is 0.120. The Morgan fingerprint density at radius 1 is 1.00 bits per heavy atom. The Morgan fingerprint density at radius 2 is 1.79 bits per heavy atom. The third-order valence-electron chi connectivity index (χ3n) is 5.26. The fourth-order valence-corrected chi connectivity index (χ4v) is 4.47. The lowest BCUT2D eigenvalue weighted by atomic mass is 10.1. The summed E-state index contributed by atoms with van der Waals surface area (Å²) in [4.78, 5) is 28.4. The first-order chi connectivity index (χ1) is 16.6. The van der Waals surface area contributed by atoms with Gasteiger partial charge in [0.05, 0.1) is 16.4 Å². The van der Waals surface area contributed by atoms with Crippen LogP contribution in [0.1, 0.15) is 10.4 Å². The number of non-ortho nitro benzene ring substituents is 1. The molecule has 0 N–H and O–H groups in total. The number of carbonyl (C=O) groups excluding carboxylic acids is 1. The molecule has 4 aromatic rings. The van der Waals surface area contributed by atoms with E-state index >= 15 is 0 Å². The van der Waals surface area contributed by atoms with Gasteiger partial charge in [0.25, 0.3) is 5.69 Å². The Morgan fingerprint density at radius 3 is 2.59 bits per heavy atom. The summed E-state index contributed by atoms with van der Waals surface area (Å²) in [7, 11) is 0. The van der Waals surface area contributed by atoms with Gasteiger partial charge in [-0.2, -0.15) is 0 Å². The molecular weight excluding hydrogens is 454 g/mol. The number of hydrogen-bond donors (Lipinski definition) is 0. The van der Waals surface area contributed by atoms with E-state index in [0.717, 1.165) is 5.69 Å². The van der Waals surface area contributed by atoms with Gasteiger partial charge in [-0.1, -0.05) is 42.1 Å². The molecule has 1 aromatic heterocycles. The molecule has 1 aliphatic rings. The molecule has 170 valence electrons. The summed E-state index contributed by atoms with van der Waals surface area (Å²) in [6, 6.07) is 21.1. The number of para-hydroxylation sites is 1. The molecule has 0 radical (unpaired) electrons. The number of nitro groups is 1. The summed E-state index contributed by atoms with van der Waals surface area (Å²) in [6.45, 7) is 0.944. The third kappa shape index (κ3) is 4.51. The summed E-state index contributed by atoms with van der Waals surface area (Å²) in [5, 5.41) is 11.8.